The molecule has 6 rings (SSSR count). The molecule has 0 aliphatic heterocycles. The number of nitrogens with one attached hydrogen (secondary N) is 2. The van der Waals surface area contributed by atoms with E-state index in [9.17, 15) is 19.5 Å². The van der Waals surface area contributed by atoms with Crippen LogP contribution in [0.25, 0.3) is 22.2 Å². The van der Waals surface area contributed by atoms with Gasteiger partial charge < -0.3 is 20.5 Å². The maximum atomic E-state index is 14.1. The molecule has 0 spiro atoms. The SMILES string of the molecule is COC(=O)N[C@H]1CC2(C(=O)O)CCC1(NC(=O)c1c(C)c(-c3ccccc3)nc3ccc(Br)cc13)CC2. The van der Waals surface area contributed by atoms with Gasteiger partial charge in [0, 0.05) is 15.4 Å². The van der Waals surface area contributed by atoms with Crippen molar-refractivity contribution >= 4 is 44.8 Å². The van der Waals surface area contributed by atoms with Crippen LogP contribution in [-0.4, -0.2) is 46.8 Å². The summed E-state index contributed by atoms with van der Waals surface area (Å²) in [7, 11) is 1.27. The van der Waals surface area contributed by atoms with Crippen LogP contribution in [0.3, 0.4) is 0 Å². The lowest BCUT2D eigenvalue weighted by atomic mass is 9.55. The number of aromatic nitrogens is 1. The Morgan fingerprint density at radius 1 is 1.08 bits per heavy atom. The standard InChI is InChI=1S/C28H28BrN3O5/c1-16-22(19-14-18(29)8-9-20(19)30-23(16)17-6-4-3-5-7-17)24(33)32-28-12-10-27(11-13-28,25(34)35)15-21(28)31-26(36)37-2/h3-9,14,21H,10-13,15H2,1-2H3,(H,31,36)(H,32,33)(H,34,35)/t21-,27?,28?/m0/s1. The number of pyridine rings is 1. The van der Waals surface area contributed by atoms with Gasteiger partial charge in [-0.05, 0) is 62.8 Å². The first-order valence-electron chi connectivity index (χ1n) is 12.2. The van der Waals surface area contributed by atoms with Crippen LogP contribution in [0.5, 0.6) is 0 Å². The summed E-state index contributed by atoms with van der Waals surface area (Å²) in [5.41, 5.74) is 1.87. The third-order valence-electron chi connectivity index (χ3n) is 8.12. The van der Waals surface area contributed by atoms with Gasteiger partial charge in [-0.25, -0.2) is 9.78 Å². The van der Waals surface area contributed by atoms with Crippen LogP contribution in [-0.2, 0) is 9.53 Å². The first-order valence-corrected chi connectivity index (χ1v) is 13.0. The molecule has 1 aromatic heterocycles. The highest BCUT2D eigenvalue weighted by Gasteiger charge is 2.59. The molecular formula is C28H28BrN3O5. The lowest BCUT2D eigenvalue weighted by Crippen LogP contribution is -2.70. The van der Waals surface area contributed by atoms with Gasteiger partial charge in [0.15, 0.2) is 0 Å². The number of aliphatic carboxylic acids is 1. The summed E-state index contributed by atoms with van der Waals surface area (Å²) in [6.07, 6.45) is 1.33. The molecule has 3 aliphatic carbocycles. The van der Waals surface area contributed by atoms with Crippen molar-refractivity contribution in [2.75, 3.05) is 7.11 Å². The number of rotatable bonds is 5. The van der Waals surface area contributed by atoms with Gasteiger partial charge in [-0.1, -0.05) is 46.3 Å². The molecule has 3 N–H and O–H groups in total. The summed E-state index contributed by atoms with van der Waals surface area (Å²) in [4.78, 5) is 43.3. The second-order valence-corrected chi connectivity index (χ2v) is 11.0. The highest BCUT2D eigenvalue weighted by atomic mass is 79.9. The second kappa shape index (κ2) is 9.45. The maximum absolute atomic E-state index is 14.1. The molecule has 1 atom stereocenters. The van der Waals surface area contributed by atoms with Crippen molar-refractivity contribution in [1.82, 2.24) is 15.6 Å². The van der Waals surface area contributed by atoms with Gasteiger partial charge >= 0.3 is 12.1 Å². The van der Waals surface area contributed by atoms with E-state index in [0.29, 0.717) is 42.1 Å². The minimum absolute atomic E-state index is 0.231. The summed E-state index contributed by atoms with van der Waals surface area (Å²) in [5, 5.41) is 16.7. The van der Waals surface area contributed by atoms with E-state index >= 15 is 0 Å². The number of carbonyl (C=O) groups excluding carboxylic acids is 2. The smallest absolute Gasteiger partial charge is 0.407 e. The van der Waals surface area contributed by atoms with E-state index in [-0.39, 0.29) is 12.3 Å². The Labute approximate surface area is 222 Å². The number of methoxy groups -OCH3 is 1. The van der Waals surface area contributed by atoms with Gasteiger partial charge in [-0.15, -0.1) is 0 Å². The van der Waals surface area contributed by atoms with Crippen molar-refractivity contribution in [2.24, 2.45) is 5.41 Å². The number of hydrogen-bond donors (Lipinski definition) is 3. The van der Waals surface area contributed by atoms with Gasteiger partial charge in [0.1, 0.15) is 0 Å². The molecule has 8 nitrogen and oxygen atoms in total. The van der Waals surface area contributed by atoms with Gasteiger partial charge in [0.2, 0.25) is 0 Å². The molecule has 0 radical (unpaired) electrons. The van der Waals surface area contributed by atoms with E-state index in [0.717, 1.165) is 21.3 Å². The molecule has 3 saturated carbocycles. The lowest BCUT2D eigenvalue weighted by Gasteiger charge is -2.56. The Morgan fingerprint density at radius 3 is 2.43 bits per heavy atom. The fourth-order valence-electron chi connectivity index (χ4n) is 6.01. The lowest BCUT2D eigenvalue weighted by molar-refractivity contribution is -0.158. The highest BCUT2D eigenvalue weighted by Crippen LogP contribution is 2.53. The van der Waals surface area contributed by atoms with Gasteiger partial charge in [0.05, 0.1) is 40.9 Å². The van der Waals surface area contributed by atoms with E-state index in [1.165, 1.54) is 7.11 Å². The molecule has 192 valence electrons. The summed E-state index contributed by atoms with van der Waals surface area (Å²) in [6.45, 7) is 1.89. The number of carboxylic acids is 1. The quantitative estimate of drug-likeness (QED) is 0.390. The molecule has 0 unspecified atom stereocenters. The van der Waals surface area contributed by atoms with E-state index in [2.05, 4.69) is 26.6 Å². The summed E-state index contributed by atoms with van der Waals surface area (Å²) in [5.74, 6) is -1.14. The minimum atomic E-state index is -0.914. The van der Waals surface area contributed by atoms with E-state index < -0.39 is 29.1 Å². The fraction of sp³-hybridized carbons (Fsp3) is 0.357. The molecule has 3 aliphatic rings. The molecule has 2 aromatic carbocycles. The van der Waals surface area contributed by atoms with Gasteiger partial charge in [0.25, 0.3) is 5.91 Å². The molecule has 2 amide bonds. The van der Waals surface area contributed by atoms with Crippen LogP contribution < -0.4 is 10.6 Å². The zero-order chi connectivity index (χ0) is 26.4. The summed E-state index contributed by atoms with van der Waals surface area (Å²) < 4.78 is 5.65. The Morgan fingerprint density at radius 2 is 1.78 bits per heavy atom. The average molecular weight is 566 g/mol. The molecule has 9 heteroatoms. The Hall–Kier alpha value is -3.46. The van der Waals surface area contributed by atoms with E-state index in [1.807, 2.05) is 55.5 Å². The number of amides is 2. The third kappa shape index (κ3) is 4.35. The van der Waals surface area contributed by atoms with Crippen molar-refractivity contribution < 1.29 is 24.2 Å². The van der Waals surface area contributed by atoms with Crippen LogP contribution in [0.1, 0.15) is 48.0 Å². The van der Waals surface area contributed by atoms with E-state index in [4.69, 9.17) is 9.72 Å². The topological polar surface area (TPSA) is 118 Å². The van der Waals surface area contributed by atoms with Crippen molar-refractivity contribution in [3.05, 3.63) is 64.1 Å². The molecule has 3 aromatic rings. The number of hydrogen-bond acceptors (Lipinski definition) is 5. The number of alkyl carbamates (subject to hydrolysis) is 1. The van der Waals surface area contributed by atoms with Crippen LogP contribution in [0.4, 0.5) is 4.79 Å². The monoisotopic (exact) mass is 565 g/mol. The predicted octanol–water partition coefficient (Wildman–Crippen LogP) is 5.21. The number of carboxylic acid groups (broad SMARTS) is 1. The molecule has 3 fully saturated rings. The molecule has 2 bridgehead atoms. The number of benzene rings is 2. The minimum Gasteiger partial charge on any atom is -0.481 e. The Balaban J connectivity index is 1.59. The first-order chi connectivity index (χ1) is 17.7. The van der Waals surface area contributed by atoms with Crippen molar-refractivity contribution in [3.63, 3.8) is 0 Å². The second-order valence-electron chi connectivity index (χ2n) is 10.1. The molecule has 1 heterocycles. The van der Waals surface area contributed by atoms with Crippen molar-refractivity contribution in [1.29, 1.82) is 0 Å². The number of carbonyl (C=O) groups is 3. The number of ether oxygens (including phenoxy) is 1. The maximum Gasteiger partial charge on any atom is 0.407 e. The van der Waals surface area contributed by atoms with Crippen molar-refractivity contribution in [3.8, 4) is 11.3 Å². The van der Waals surface area contributed by atoms with Crippen LogP contribution in [0, 0.1) is 12.3 Å². The largest absolute Gasteiger partial charge is 0.481 e. The van der Waals surface area contributed by atoms with Gasteiger partial charge in [-0.3, -0.25) is 9.59 Å². The first kappa shape index (κ1) is 25.2. The summed E-state index contributed by atoms with van der Waals surface area (Å²) >= 11 is 3.52. The molecule has 37 heavy (non-hydrogen) atoms. The normalized spacial score (nSPS) is 24.5. The highest BCUT2D eigenvalue weighted by molar-refractivity contribution is 9.10. The van der Waals surface area contributed by atoms with Gasteiger partial charge in [-0.2, -0.15) is 0 Å². The predicted molar refractivity (Wildman–Crippen MR) is 142 cm³/mol. The van der Waals surface area contributed by atoms with Crippen LogP contribution >= 0.6 is 15.9 Å². The zero-order valence-corrected chi connectivity index (χ0v) is 22.2. The molecular weight excluding hydrogens is 538 g/mol. The van der Waals surface area contributed by atoms with Crippen molar-refractivity contribution in [2.45, 2.75) is 50.6 Å². The number of nitrogens with zero attached hydrogens (tertiary/aromatic N) is 1. The third-order valence-corrected chi connectivity index (χ3v) is 8.61. The van der Waals surface area contributed by atoms with Crippen LogP contribution in [0.15, 0.2) is 53.0 Å². The fourth-order valence-corrected chi connectivity index (χ4v) is 6.37. The Bertz CT molecular complexity index is 1400. The van der Waals surface area contributed by atoms with Crippen LogP contribution in [0.2, 0.25) is 0 Å². The molecule has 0 saturated heterocycles. The Kier molecular flexibility index (Phi) is 6.43. The average Bonchev–Trinajstić information content (AvgIpc) is 2.89. The van der Waals surface area contributed by atoms with E-state index in [1.54, 1.807) is 0 Å². The number of fused-ring (bicyclic) bond motifs is 4. The number of halogens is 1. The summed E-state index contributed by atoms with van der Waals surface area (Å²) in [6, 6.07) is 14.8. The zero-order valence-electron chi connectivity index (χ0n) is 20.6.